The van der Waals surface area contributed by atoms with Crippen molar-refractivity contribution in [1.82, 2.24) is 10.2 Å². The van der Waals surface area contributed by atoms with Crippen molar-refractivity contribution in [2.75, 3.05) is 19.6 Å². The van der Waals surface area contributed by atoms with Crippen LogP contribution in [0.25, 0.3) is 11.0 Å². The van der Waals surface area contributed by atoms with E-state index in [1.807, 2.05) is 24.3 Å². The number of piperidine rings is 3. The van der Waals surface area contributed by atoms with E-state index in [2.05, 4.69) is 10.2 Å². The standard InChI is InChI=1S/C16H18N2O2.C4H4O4/c19-16(13-1-2-15-12(9-13)5-8-20-15)17-14-10-18-6-3-11(14)4-7-18;5-3(6)1-2-4(7)8/h1-2,5,8-9,11,14H,3-4,6-7,10H2,(H,17,19);1-2H,(H,5,6)(H,7,8)/b;2-1+/t14-;/m0./s1. The molecule has 1 atom stereocenters. The van der Waals surface area contributed by atoms with Crippen LogP contribution in [0, 0.1) is 5.92 Å². The molecule has 148 valence electrons. The maximum Gasteiger partial charge on any atom is 0.328 e. The lowest BCUT2D eigenvalue weighted by Gasteiger charge is -2.44. The zero-order chi connectivity index (χ0) is 20.1. The van der Waals surface area contributed by atoms with E-state index >= 15 is 0 Å². The maximum absolute atomic E-state index is 12.4. The molecule has 5 rings (SSSR count). The van der Waals surface area contributed by atoms with E-state index in [4.69, 9.17) is 14.6 Å². The van der Waals surface area contributed by atoms with Crippen LogP contribution in [0.1, 0.15) is 23.2 Å². The van der Waals surface area contributed by atoms with Gasteiger partial charge in [0.15, 0.2) is 0 Å². The van der Waals surface area contributed by atoms with Crippen LogP contribution >= 0.6 is 0 Å². The van der Waals surface area contributed by atoms with Gasteiger partial charge >= 0.3 is 11.9 Å². The first-order chi connectivity index (χ1) is 13.4. The average molecular weight is 386 g/mol. The molecule has 1 aromatic heterocycles. The monoisotopic (exact) mass is 386 g/mol. The van der Waals surface area contributed by atoms with E-state index in [1.54, 1.807) is 6.26 Å². The number of nitrogens with one attached hydrogen (secondary N) is 1. The lowest BCUT2D eigenvalue weighted by molar-refractivity contribution is -0.134. The van der Waals surface area contributed by atoms with Gasteiger partial charge in [-0.25, -0.2) is 9.59 Å². The number of rotatable bonds is 4. The second-order valence-corrected chi connectivity index (χ2v) is 6.90. The number of hydrogen-bond acceptors (Lipinski definition) is 5. The summed E-state index contributed by atoms with van der Waals surface area (Å²) in [5.74, 6) is -1.83. The van der Waals surface area contributed by atoms with Crippen LogP contribution < -0.4 is 5.32 Å². The number of benzene rings is 1. The molecule has 1 aromatic carbocycles. The molecular weight excluding hydrogens is 364 g/mol. The van der Waals surface area contributed by atoms with Gasteiger partial charge < -0.3 is 24.8 Å². The van der Waals surface area contributed by atoms with Gasteiger partial charge in [-0.05, 0) is 56.1 Å². The zero-order valence-electron chi connectivity index (χ0n) is 15.2. The molecule has 8 nitrogen and oxygen atoms in total. The summed E-state index contributed by atoms with van der Waals surface area (Å²) < 4.78 is 5.30. The molecule has 0 saturated carbocycles. The number of carboxylic acid groups (broad SMARTS) is 2. The number of carbonyl (C=O) groups excluding carboxylic acids is 1. The summed E-state index contributed by atoms with van der Waals surface area (Å²) in [6.45, 7) is 3.39. The second-order valence-electron chi connectivity index (χ2n) is 6.90. The van der Waals surface area contributed by atoms with Crippen molar-refractivity contribution in [3.05, 3.63) is 48.2 Å². The Labute approximate surface area is 161 Å². The molecule has 3 aliphatic rings. The highest BCUT2D eigenvalue weighted by Gasteiger charge is 2.34. The summed E-state index contributed by atoms with van der Waals surface area (Å²) in [6, 6.07) is 7.80. The van der Waals surface area contributed by atoms with Crippen molar-refractivity contribution in [3.8, 4) is 0 Å². The summed E-state index contributed by atoms with van der Waals surface area (Å²) in [5.41, 5.74) is 1.54. The normalized spacial score (nSPS) is 23.2. The Hall–Kier alpha value is -3.13. The van der Waals surface area contributed by atoms with E-state index in [0.29, 0.717) is 24.1 Å². The maximum atomic E-state index is 12.4. The number of nitrogens with zero attached hydrogens (tertiary/aromatic N) is 1. The minimum Gasteiger partial charge on any atom is -0.478 e. The van der Waals surface area contributed by atoms with Crippen molar-refractivity contribution < 1.29 is 29.0 Å². The Morgan fingerprint density at radius 2 is 1.75 bits per heavy atom. The molecular formula is C20H22N2O6. The van der Waals surface area contributed by atoms with Crippen LogP contribution in [0.15, 0.2) is 47.1 Å². The second kappa shape index (κ2) is 8.71. The zero-order valence-corrected chi connectivity index (χ0v) is 15.2. The first-order valence-electron chi connectivity index (χ1n) is 9.07. The summed E-state index contributed by atoms with van der Waals surface area (Å²) >= 11 is 0. The predicted molar refractivity (Wildman–Crippen MR) is 101 cm³/mol. The van der Waals surface area contributed by atoms with E-state index in [9.17, 15) is 14.4 Å². The summed E-state index contributed by atoms with van der Waals surface area (Å²) in [5, 5.41) is 19.8. The number of fused-ring (bicyclic) bond motifs is 4. The summed E-state index contributed by atoms with van der Waals surface area (Å²) in [4.78, 5) is 34.0. The highest BCUT2D eigenvalue weighted by atomic mass is 16.4. The largest absolute Gasteiger partial charge is 0.478 e. The molecule has 0 spiro atoms. The first-order valence-corrected chi connectivity index (χ1v) is 9.07. The highest BCUT2D eigenvalue weighted by Crippen LogP contribution is 2.27. The molecule has 0 unspecified atom stereocenters. The number of carbonyl (C=O) groups is 3. The number of furan rings is 1. The van der Waals surface area contributed by atoms with Crippen molar-refractivity contribution in [1.29, 1.82) is 0 Å². The fraction of sp³-hybridized carbons (Fsp3) is 0.350. The topological polar surface area (TPSA) is 120 Å². The minimum atomic E-state index is -1.26. The summed E-state index contributed by atoms with van der Waals surface area (Å²) in [7, 11) is 0. The Morgan fingerprint density at radius 3 is 2.32 bits per heavy atom. The average Bonchev–Trinajstić information content (AvgIpc) is 3.15. The van der Waals surface area contributed by atoms with Crippen LogP contribution in [0.2, 0.25) is 0 Å². The number of hydrogen-bond donors (Lipinski definition) is 3. The predicted octanol–water partition coefficient (Wildman–Crippen LogP) is 1.97. The van der Waals surface area contributed by atoms with Crippen LogP contribution in [-0.4, -0.2) is 58.6 Å². The third kappa shape index (κ3) is 4.98. The van der Waals surface area contributed by atoms with E-state index in [0.717, 1.165) is 23.1 Å². The molecule has 3 saturated heterocycles. The first kappa shape index (κ1) is 19.6. The molecule has 4 heterocycles. The number of aliphatic carboxylic acids is 2. The van der Waals surface area contributed by atoms with Gasteiger partial charge in [0.1, 0.15) is 5.58 Å². The lowest BCUT2D eigenvalue weighted by Crippen LogP contribution is -2.57. The van der Waals surface area contributed by atoms with Gasteiger partial charge in [0.25, 0.3) is 5.91 Å². The van der Waals surface area contributed by atoms with E-state index < -0.39 is 11.9 Å². The van der Waals surface area contributed by atoms with Gasteiger partial charge in [-0.3, -0.25) is 4.79 Å². The Kier molecular flexibility index (Phi) is 6.10. The number of amides is 1. The lowest BCUT2D eigenvalue weighted by atomic mass is 9.84. The molecule has 3 fully saturated rings. The van der Waals surface area contributed by atoms with Crippen LogP contribution in [0.5, 0.6) is 0 Å². The molecule has 2 aromatic rings. The quantitative estimate of drug-likeness (QED) is 0.687. The molecule has 3 N–H and O–H groups in total. The number of carboxylic acids is 2. The Balaban J connectivity index is 0.000000242. The molecule has 0 radical (unpaired) electrons. The van der Waals surface area contributed by atoms with Crippen LogP contribution in [0.4, 0.5) is 0 Å². The molecule has 1 amide bonds. The van der Waals surface area contributed by atoms with Crippen molar-refractivity contribution in [2.24, 2.45) is 5.92 Å². The van der Waals surface area contributed by atoms with Crippen molar-refractivity contribution >= 4 is 28.8 Å². The Morgan fingerprint density at radius 1 is 1.07 bits per heavy atom. The smallest absolute Gasteiger partial charge is 0.328 e. The van der Waals surface area contributed by atoms with E-state index in [1.165, 1.54) is 25.9 Å². The van der Waals surface area contributed by atoms with Crippen molar-refractivity contribution in [3.63, 3.8) is 0 Å². The van der Waals surface area contributed by atoms with Gasteiger partial charge in [0.2, 0.25) is 0 Å². The molecule has 2 bridgehead atoms. The minimum absolute atomic E-state index is 0.0341. The molecule has 28 heavy (non-hydrogen) atoms. The fourth-order valence-corrected chi connectivity index (χ4v) is 3.63. The van der Waals surface area contributed by atoms with Crippen LogP contribution in [-0.2, 0) is 9.59 Å². The molecule has 8 heteroatoms. The SMILES string of the molecule is O=C(N[C@H]1CN2CCC1CC2)c1ccc2occc2c1.O=C(O)/C=C/C(=O)O. The van der Waals surface area contributed by atoms with Gasteiger partial charge in [-0.2, -0.15) is 0 Å². The van der Waals surface area contributed by atoms with Gasteiger partial charge in [-0.1, -0.05) is 0 Å². The highest BCUT2D eigenvalue weighted by molar-refractivity contribution is 5.97. The molecule has 3 aliphatic heterocycles. The summed E-state index contributed by atoms with van der Waals surface area (Å²) in [6.07, 6.45) is 5.20. The van der Waals surface area contributed by atoms with Crippen LogP contribution in [0.3, 0.4) is 0 Å². The third-order valence-electron chi connectivity index (χ3n) is 5.06. The fourth-order valence-electron chi connectivity index (χ4n) is 3.63. The van der Waals surface area contributed by atoms with Gasteiger partial charge in [0.05, 0.1) is 6.26 Å². The Bertz CT molecular complexity index is 879. The van der Waals surface area contributed by atoms with Gasteiger partial charge in [-0.15, -0.1) is 0 Å². The third-order valence-corrected chi connectivity index (χ3v) is 5.06. The van der Waals surface area contributed by atoms with E-state index in [-0.39, 0.29) is 5.91 Å². The van der Waals surface area contributed by atoms with Crippen molar-refractivity contribution in [2.45, 2.75) is 18.9 Å². The van der Waals surface area contributed by atoms with Gasteiger partial charge in [0, 0.05) is 35.7 Å². The molecule has 0 aliphatic carbocycles.